The molecule has 0 nitrogen and oxygen atoms in total. The van der Waals surface area contributed by atoms with Gasteiger partial charge in [-0.05, 0) is 0 Å². The molecule has 2 unspecified atom stereocenters. The molecule has 0 aliphatic heterocycles. The van der Waals surface area contributed by atoms with Gasteiger partial charge in [0.05, 0.1) is 0 Å². The van der Waals surface area contributed by atoms with Gasteiger partial charge in [-0.2, -0.15) is 0 Å². The van der Waals surface area contributed by atoms with Crippen molar-refractivity contribution in [2.24, 2.45) is 0 Å². The van der Waals surface area contributed by atoms with E-state index in [2.05, 4.69) is 148 Å². The third-order valence-electron chi connectivity index (χ3n) is 9.46. The first-order valence-corrected chi connectivity index (χ1v) is 35.1. The molecular formula is C34H33Cl2HfSi. The summed E-state index contributed by atoms with van der Waals surface area (Å²) in [6.45, 7) is 9.41. The van der Waals surface area contributed by atoms with Gasteiger partial charge in [-0.15, -0.1) is 0 Å². The van der Waals surface area contributed by atoms with Crippen LogP contribution in [-0.2, 0) is 21.6 Å². The minimum absolute atomic E-state index is 0.569. The molecule has 0 spiro atoms. The Labute approximate surface area is 235 Å². The van der Waals surface area contributed by atoms with Crippen LogP contribution in [0.4, 0.5) is 0 Å². The number of hydrogen-bond donors (Lipinski definition) is 0. The van der Waals surface area contributed by atoms with Gasteiger partial charge in [0.1, 0.15) is 0 Å². The van der Waals surface area contributed by atoms with Gasteiger partial charge < -0.3 is 0 Å². The van der Waals surface area contributed by atoms with Gasteiger partial charge in [0.2, 0.25) is 0 Å². The second-order valence-corrected chi connectivity index (χ2v) is 69.1. The number of rotatable bonds is 5. The van der Waals surface area contributed by atoms with Crippen molar-refractivity contribution in [3.8, 4) is 0 Å². The van der Waals surface area contributed by atoms with Crippen LogP contribution in [-0.4, -0.2) is 5.98 Å². The van der Waals surface area contributed by atoms with E-state index >= 15 is 0 Å². The Bertz CT molecular complexity index is 1490. The van der Waals surface area contributed by atoms with E-state index in [0.29, 0.717) is 0 Å². The summed E-state index contributed by atoms with van der Waals surface area (Å²) in [6, 6.07) is 39.5. The second-order valence-electron chi connectivity index (χ2n) is 11.3. The average Bonchev–Trinajstić information content (AvgIpc) is 3.41. The number of halogens is 2. The topological polar surface area (TPSA) is 0 Å². The van der Waals surface area contributed by atoms with Crippen molar-refractivity contribution in [1.29, 1.82) is 0 Å². The summed E-state index contributed by atoms with van der Waals surface area (Å²) in [4.78, 5) is 0. The fourth-order valence-corrected chi connectivity index (χ4v) is 67.2. The Morgan fingerprint density at radius 1 is 0.526 bits per heavy atom. The van der Waals surface area contributed by atoms with E-state index in [1.165, 1.54) is 44.5 Å². The first-order valence-electron chi connectivity index (χ1n) is 13.5. The van der Waals surface area contributed by atoms with Crippen molar-refractivity contribution in [1.82, 2.24) is 0 Å². The normalized spacial score (nSPS) is 23.3. The summed E-state index contributed by atoms with van der Waals surface area (Å²) >= 11 is -5.50. The van der Waals surface area contributed by atoms with Crippen LogP contribution >= 0.6 is 17.2 Å². The van der Waals surface area contributed by atoms with E-state index in [1.807, 2.05) is 0 Å². The predicted octanol–water partition coefficient (Wildman–Crippen LogP) is 9.69. The number of hydrogen-bond acceptors (Lipinski definition) is 0. The third kappa shape index (κ3) is 2.96. The Kier molecular flexibility index (Phi) is 6.24. The molecule has 0 saturated heterocycles. The van der Waals surface area contributed by atoms with Crippen LogP contribution in [0, 0.1) is 0 Å². The van der Waals surface area contributed by atoms with E-state index in [0.717, 1.165) is 0 Å². The molecule has 0 bridgehead atoms. The molecule has 4 aromatic rings. The van der Waals surface area contributed by atoms with Crippen LogP contribution in [0.1, 0.15) is 47.2 Å². The molecule has 0 N–H and O–H groups in total. The Morgan fingerprint density at radius 2 is 0.868 bits per heavy atom. The van der Waals surface area contributed by atoms with Crippen molar-refractivity contribution in [2.45, 2.75) is 33.3 Å². The molecule has 191 valence electrons. The number of fused-ring (bicyclic) bond motifs is 2. The van der Waals surface area contributed by atoms with Crippen LogP contribution in [0.2, 0.25) is 13.1 Å². The molecule has 4 aromatic carbocycles. The van der Waals surface area contributed by atoms with Gasteiger partial charge in [-0.25, -0.2) is 0 Å². The van der Waals surface area contributed by atoms with Crippen molar-refractivity contribution < 1.29 is 15.3 Å². The molecule has 2 aliphatic carbocycles. The SMILES string of the molecule is CC1=Cc2ccccc2[C]1(c1ccccc1)[Hf]([Cl])([Cl])([SiH](C)C)[C]1(c2ccccc2)C(C)=Cc2ccccc21. The van der Waals surface area contributed by atoms with Gasteiger partial charge in [0.25, 0.3) is 0 Å². The van der Waals surface area contributed by atoms with Crippen LogP contribution in [0.25, 0.3) is 12.2 Å². The van der Waals surface area contributed by atoms with Gasteiger partial charge in [-0.3, -0.25) is 0 Å². The Balaban J connectivity index is 1.90. The van der Waals surface area contributed by atoms with Crippen molar-refractivity contribution in [2.75, 3.05) is 0 Å². The average molecular weight is 719 g/mol. The van der Waals surface area contributed by atoms with E-state index in [1.54, 1.807) is 0 Å². The minimum atomic E-state index is -5.50. The summed E-state index contributed by atoms with van der Waals surface area (Å²) in [6.07, 6.45) is 4.72. The van der Waals surface area contributed by atoms with Crippen molar-refractivity contribution in [3.05, 3.63) is 154 Å². The first-order chi connectivity index (χ1) is 18.2. The van der Waals surface area contributed by atoms with E-state index in [9.17, 15) is 0 Å². The number of allylic oxidation sites excluding steroid dienone is 2. The van der Waals surface area contributed by atoms with Crippen LogP contribution in [0.5, 0.6) is 0 Å². The van der Waals surface area contributed by atoms with Crippen LogP contribution in [0.3, 0.4) is 0 Å². The molecule has 0 fully saturated rings. The fraction of sp³-hybridized carbons (Fsp3) is 0.176. The molecule has 0 aromatic heterocycles. The molecular weight excluding hydrogens is 686 g/mol. The molecule has 4 heteroatoms. The zero-order valence-electron chi connectivity index (χ0n) is 22.4. The summed E-state index contributed by atoms with van der Waals surface area (Å²) in [5.41, 5.74) is 10.0. The molecule has 0 radical (unpaired) electrons. The molecule has 0 saturated carbocycles. The molecule has 0 heterocycles. The van der Waals surface area contributed by atoms with Gasteiger partial charge in [0.15, 0.2) is 0 Å². The fourth-order valence-electron chi connectivity index (χ4n) is 8.07. The molecule has 0 amide bonds. The van der Waals surface area contributed by atoms with E-state index < -0.39 is 27.6 Å². The zero-order valence-corrected chi connectivity index (χ0v) is 28.6. The molecule has 2 atom stereocenters. The standard InChI is InChI=1S/2C16H13.C2H7Si.2ClH.Hf/c2*1-12-11-14-9-5-6-10-15(14)16(12)13-7-3-2-4-8-13;1-3-2;;;/h2*2-11H,1H3;3H,1-2H3;2*1H;/q;;;;;+2/p-2. The van der Waals surface area contributed by atoms with Crippen molar-refractivity contribution >= 4 is 35.3 Å². The predicted molar refractivity (Wildman–Crippen MR) is 165 cm³/mol. The van der Waals surface area contributed by atoms with Gasteiger partial charge in [-0.1, -0.05) is 0 Å². The summed E-state index contributed by atoms with van der Waals surface area (Å²) in [7, 11) is 17.9. The van der Waals surface area contributed by atoms with E-state index in [-0.39, 0.29) is 0 Å². The monoisotopic (exact) mass is 719 g/mol. The van der Waals surface area contributed by atoms with Gasteiger partial charge in [0, 0.05) is 0 Å². The van der Waals surface area contributed by atoms with Crippen LogP contribution in [0.15, 0.2) is 120 Å². The maximum atomic E-state index is 8.93. The molecule has 2 aliphatic rings. The van der Waals surface area contributed by atoms with E-state index in [4.69, 9.17) is 17.2 Å². The Hall–Kier alpha value is -1.97. The number of benzene rings is 4. The molecule has 6 rings (SSSR count). The quantitative estimate of drug-likeness (QED) is 0.180. The molecule has 38 heavy (non-hydrogen) atoms. The van der Waals surface area contributed by atoms with Gasteiger partial charge >= 0.3 is 238 Å². The summed E-state index contributed by atoms with van der Waals surface area (Å²) < 4.78 is -1.14. The van der Waals surface area contributed by atoms with Crippen molar-refractivity contribution in [3.63, 3.8) is 0 Å². The van der Waals surface area contributed by atoms with Crippen LogP contribution < -0.4 is 0 Å². The third-order valence-corrected chi connectivity index (χ3v) is 87.9. The first kappa shape index (κ1) is 26.3. The second kappa shape index (κ2) is 9.03. The summed E-state index contributed by atoms with van der Waals surface area (Å²) in [5, 5.41) is 0. The Morgan fingerprint density at radius 3 is 1.24 bits per heavy atom. The zero-order chi connectivity index (χ0) is 26.8. The maximum absolute atomic E-state index is 8.93. The summed E-state index contributed by atoms with van der Waals surface area (Å²) in [5.74, 6) is -1.82.